The molecule has 0 aliphatic carbocycles. The summed E-state index contributed by atoms with van der Waals surface area (Å²) in [6.07, 6.45) is 5.40. The lowest BCUT2D eigenvalue weighted by molar-refractivity contribution is 0.627. The van der Waals surface area contributed by atoms with E-state index in [1.807, 2.05) is 28.8 Å². The van der Waals surface area contributed by atoms with Crippen LogP contribution in [-0.4, -0.2) is 14.4 Å². The van der Waals surface area contributed by atoms with E-state index in [0.717, 1.165) is 22.7 Å². The predicted octanol–water partition coefficient (Wildman–Crippen LogP) is 4.63. The van der Waals surface area contributed by atoms with Gasteiger partial charge in [-0.05, 0) is 23.3 Å². The number of fused-ring (bicyclic) bond motifs is 1. The van der Waals surface area contributed by atoms with E-state index in [-0.39, 0.29) is 11.7 Å². The average molecular weight is 346 g/mol. The van der Waals surface area contributed by atoms with Crippen molar-refractivity contribution in [2.75, 3.05) is 5.32 Å². The topological polar surface area (TPSA) is 42.2 Å². The Balaban J connectivity index is 1.70. The van der Waals surface area contributed by atoms with E-state index in [4.69, 9.17) is 4.98 Å². The fraction of sp³-hybridized carbons (Fsp3) is 0.143. The summed E-state index contributed by atoms with van der Waals surface area (Å²) in [7, 11) is 0. The second-order valence-corrected chi connectivity index (χ2v) is 6.26. The van der Waals surface area contributed by atoms with Gasteiger partial charge in [-0.3, -0.25) is 9.38 Å². The molecule has 130 valence electrons. The van der Waals surface area contributed by atoms with E-state index in [9.17, 15) is 4.39 Å². The maximum absolute atomic E-state index is 13.1. The Hall–Kier alpha value is -3.21. The van der Waals surface area contributed by atoms with Gasteiger partial charge in [-0.1, -0.05) is 49.4 Å². The highest BCUT2D eigenvalue weighted by Crippen LogP contribution is 2.30. The molecular formula is C21H19FN4. The highest BCUT2D eigenvalue weighted by atomic mass is 19.1. The van der Waals surface area contributed by atoms with E-state index in [1.165, 1.54) is 17.7 Å². The van der Waals surface area contributed by atoms with Gasteiger partial charge in [0, 0.05) is 24.9 Å². The van der Waals surface area contributed by atoms with E-state index in [2.05, 4.69) is 29.4 Å². The van der Waals surface area contributed by atoms with Crippen LogP contribution in [0, 0.1) is 5.82 Å². The smallest absolute Gasteiger partial charge is 0.157 e. The lowest BCUT2D eigenvalue weighted by Gasteiger charge is -2.14. The monoisotopic (exact) mass is 346 g/mol. The number of aromatic nitrogens is 3. The third-order valence-corrected chi connectivity index (χ3v) is 4.54. The van der Waals surface area contributed by atoms with Gasteiger partial charge >= 0.3 is 0 Å². The Labute approximate surface area is 151 Å². The van der Waals surface area contributed by atoms with E-state index < -0.39 is 0 Å². The number of anilines is 1. The zero-order chi connectivity index (χ0) is 17.9. The number of hydrogen-bond donors (Lipinski definition) is 1. The maximum Gasteiger partial charge on any atom is 0.157 e. The Bertz CT molecular complexity index is 1010. The third kappa shape index (κ3) is 3.16. The number of hydrogen-bond acceptors (Lipinski definition) is 3. The molecule has 0 spiro atoms. The Morgan fingerprint density at radius 3 is 2.62 bits per heavy atom. The molecule has 5 heteroatoms. The highest BCUT2D eigenvalue weighted by Gasteiger charge is 2.19. The molecule has 26 heavy (non-hydrogen) atoms. The zero-order valence-electron chi connectivity index (χ0n) is 14.4. The second kappa shape index (κ2) is 6.96. The molecule has 1 N–H and O–H groups in total. The largest absolute Gasteiger partial charge is 0.366 e. The molecule has 0 aliphatic heterocycles. The van der Waals surface area contributed by atoms with Crippen molar-refractivity contribution in [3.8, 4) is 0 Å². The molecular weight excluding hydrogens is 327 g/mol. The number of halogens is 1. The highest BCUT2D eigenvalue weighted by molar-refractivity contribution is 5.57. The summed E-state index contributed by atoms with van der Waals surface area (Å²) in [5, 5.41) is 3.47. The minimum atomic E-state index is -0.229. The van der Waals surface area contributed by atoms with Crippen molar-refractivity contribution in [3.05, 3.63) is 95.8 Å². The minimum absolute atomic E-state index is 0.131. The van der Waals surface area contributed by atoms with E-state index in [1.54, 1.807) is 24.5 Å². The molecule has 2 aromatic carbocycles. The number of imidazole rings is 1. The maximum atomic E-state index is 13.1. The Morgan fingerprint density at radius 2 is 1.85 bits per heavy atom. The van der Waals surface area contributed by atoms with Gasteiger partial charge in [-0.2, -0.15) is 0 Å². The summed E-state index contributed by atoms with van der Waals surface area (Å²) in [6.45, 7) is 2.73. The molecule has 0 bridgehead atoms. The molecule has 0 saturated heterocycles. The van der Waals surface area contributed by atoms with Gasteiger partial charge in [0.15, 0.2) is 5.65 Å². The molecule has 1 atom stereocenters. The van der Waals surface area contributed by atoms with Crippen LogP contribution in [0.2, 0.25) is 0 Å². The second-order valence-electron chi connectivity index (χ2n) is 6.26. The van der Waals surface area contributed by atoms with Crippen LogP contribution >= 0.6 is 0 Å². The van der Waals surface area contributed by atoms with Gasteiger partial charge in [-0.25, -0.2) is 9.37 Å². The first-order valence-electron chi connectivity index (χ1n) is 8.57. The normalized spacial score (nSPS) is 12.2. The van der Waals surface area contributed by atoms with Crippen LogP contribution < -0.4 is 5.32 Å². The molecule has 0 saturated carbocycles. The van der Waals surface area contributed by atoms with Crippen LogP contribution in [-0.2, 0) is 6.54 Å². The van der Waals surface area contributed by atoms with Crippen LogP contribution in [0.25, 0.3) is 5.65 Å². The summed E-state index contributed by atoms with van der Waals surface area (Å²) >= 11 is 0. The van der Waals surface area contributed by atoms with Crippen molar-refractivity contribution in [1.29, 1.82) is 0 Å². The number of rotatable bonds is 5. The lowest BCUT2D eigenvalue weighted by Crippen LogP contribution is -2.07. The Kier molecular flexibility index (Phi) is 4.35. The molecule has 4 rings (SSSR count). The molecule has 1 unspecified atom stereocenters. The van der Waals surface area contributed by atoms with Crippen molar-refractivity contribution in [1.82, 2.24) is 14.4 Å². The fourth-order valence-electron chi connectivity index (χ4n) is 3.09. The van der Waals surface area contributed by atoms with Gasteiger partial charge in [-0.15, -0.1) is 0 Å². The molecule has 0 fully saturated rings. The van der Waals surface area contributed by atoms with Crippen molar-refractivity contribution in [2.24, 2.45) is 0 Å². The lowest BCUT2D eigenvalue weighted by atomic mass is 9.98. The standard InChI is InChI=1S/C21H19FN4/c1-15(17-5-3-2-4-6-17)20-21(26-12-11-23-14-19(26)25-20)24-13-16-7-9-18(22)10-8-16/h2-12,14-15,24H,13H2,1H3. The summed E-state index contributed by atoms with van der Waals surface area (Å²) in [5.41, 5.74) is 3.97. The van der Waals surface area contributed by atoms with Crippen molar-refractivity contribution in [3.63, 3.8) is 0 Å². The quantitative estimate of drug-likeness (QED) is 0.573. The van der Waals surface area contributed by atoms with E-state index >= 15 is 0 Å². The van der Waals surface area contributed by atoms with Crippen LogP contribution in [0.4, 0.5) is 10.2 Å². The summed E-state index contributed by atoms with van der Waals surface area (Å²) in [5.74, 6) is 0.836. The van der Waals surface area contributed by atoms with Gasteiger partial charge < -0.3 is 5.32 Å². The number of benzene rings is 2. The first-order valence-corrected chi connectivity index (χ1v) is 8.57. The van der Waals surface area contributed by atoms with Crippen LogP contribution in [0.15, 0.2) is 73.2 Å². The van der Waals surface area contributed by atoms with Gasteiger partial charge in [0.1, 0.15) is 11.6 Å². The minimum Gasteiger partial charge on any atom is -0.366 e. The van der Waals surface area contributed by atoms with Crippen molar-refractivity contribution < 1.29 is 4.39 Å². The molecule has 0 aliphatic rings. The molecule has 4 aromatic rings. The molecule has 2 aromatic heterocycles. The third-order valence-electron chi connectivity index (χ3n) is 4.54. The Morgan fingerprint density at radius 1 is 1.08 bits per heavy atom. The van der Waals surface area contributed by atoms with E-state index in [0.29, 0.717) is 6.54 Å². The van der Waals surface area contributed by atoms with Gasteiger partial charge in [0.2, 0.25) is 0 Å². The number of nitrogens with zero attached hydrogens (tertiary/aromatic N) is 3. The van der Waals surface area contributed by atoms with Crippen LogP contribution in [0.1, 0.15) is 29.7 Å². The SMILES string of the molecule is CC(c1ccccc1)c1nc2cnccn2c1NCc1ccc(F)cc1. The predicted molar refractivity (Wildman–Crippen MR) is 101 cm³/mol. The van der Waals surface area contributed by atoms with Crippen molar-refractivity contribution in [2.45, 2.75) is 19.4 Å². The van der Waals surface area contributed by atoms with Crippen molar-refractivity contribution >= 4 is 11.5 Å². The molecule has 0 radical (unpaired) electrons. The first kappa shape index (κ1) is 16.3. The van der Waals surface area contributed by atoms with Gasteiger partial charge in [0.05, 0.1) is 11.9 Å². The molecule has 0 amide bonds. The summed E-state index contributed by atoms with van der Waals surface area (Å²) in [6, 6.07) is 16.8. The van der Waals surface area contributed by atoms with Gasteiger partial charge in [0.25, 0.3) is 0 Å². The average Bonchev–Trinajstić information content (AvgIpc) is 3.06. The molecule has 4 nitrogen and oxygen atoms in total. The summed E-state index contributed by atoms with van der Waals surface area (Å²) < 4.78 is 15.1. The van der Waals surface area contributed by atoms with Crippen LogP contribution in [0.5, 0.6) is 0 Å². The summed E-state index contributed by atoms with van der Waals surface area (Å²) in [4.78, 5) is 8.97. The fourth-order valence-corrected chi connectivity index (χ4v) is 3.09. The zero-order valence-corrected chi connectivity index (χ0v) is 14.4. The molecule has 2 heterocycles. The first-order chi connectivity index (χ1) is 12.7. The van der Waals surface area contributed by atoms with Crippen LogP contribution in [0.3, 0.4) is 0 Å². The number of nitrogens with one attached hydrogen (secondary N) is 1.